The van der Waals surface area contributed by atoms with Crippen molar-refractivity contribution in [2.75, 3.05) is 36.4 Å². The van der Waals surface area contributed by atoms with Gasteiger partial charge in [-0.25, -0.2) is 14.0 Å². The van der Waals surface area contributed by atoms with Crippen LogP contribution in [0.15, 0.2) is 77.9 Å². The molecule has 1 aliphatic heterocycles. The third kappa shape index (κ3) is 5.54. The highest BCUT2D eigenvalue weighted by molar-refractivity contribution is 6.33. The second-order valence-corrected chi connectivity index (χ2v) is 11.5. The minimum absolute atomic E-state index is 0.0163. The smallest absolute Gasteiger partial charge is 0.350 e. The van der Waals surface area contributed by atoms with Crippen LogP contribution in [0.4, 0.5) is 11.4 Å². The number of hydrogen-bond acceptors (Lipinski definition) is 5. The van der Waals surface area contributed by atoms with E-state index in [1.165, 1.54) is 33.1 Å². The van der Waals surface area contributed by atoms with Gasteiger partial charge in [0.1, 0.15) is 12.4 Å². The molecule has 1 atom stereocenters. The second kappa shape index (κ2) is 11.5. The first-order valence-corrected chi connectivity index (χ1v) is 14.7. The summed E-state index contributed by atoms with van der Waals surface area (Å²) in [6.45, 7) is 6.70. The van der Waals surface area contributed by atoms with Crippen molar-refractivity contribution in [3.05, 3.63) is 105 Å². The van der Waals surface area contributed by atoms with Crippen molar-refractivity contribution in [3.8, 4) is 5.69 Å². The molecule has 0 bridgehead atoms. The number of nitrogens with one attached hydrogen (secondary N) is 1. The number of carbonyl (C=O) groups excluding carboxylic acids is 1. The Hall–Kier alpha value is -3.88. The van der Waals surface area contributed by atoms with E-state index < -0.39 is 6.04 Å². The van der Waals surface area contributed by atoms with Gasteiger partial charge in [0, 0.05) is 31.9 Å². The normalized spacial score (nSPS) is 16.1. The summed E-state index contributed by atoms with van der Waals surface area (Å²) in [5.41, 5.74) is 5.98. The Labute approximate surface area is 245 Å². The van der Waals surface area contributed by atoms with Crippen molar-refractivity contribution < 1.29 is 4.79 Å². The van der Waals surface area contributed by atoms with E-state index in [0.717, 1.165) is 42.9 Å². The topological polar surface area (TPSA) is 75.4 Å². The number of halogens is 1. The number of fused-ring (bicyclic) bond motifs is 1. The molecule has 0 saturated carbocycles. The standard InChI is InChI=1S/C32H35ClN6O2/c1-22(2)39-32(41)38(21-34-39)27-13-14-29(28(33)20-27)36-15-17-37(18-16-36)30(24-7-4-3-5-8-24)31(40)35-26-12-11-23-9-6-10-25(23)19-26/h3-5,7-8,11-14,19-22,30H,6,9-10,15-18H2,1-2H3,(H,35,40). The number of nitrogens with zero attached hydrogens (tertiary/aromatic N) is 5. The van der Waals surface area contributed by atoms with Gasteiger partial charge in [-0.2, -0.15) is 5.10 Å². The van der Waals surface area contributed by atoms with Crippen LogP contribution in [0.25, 0.3) is 5.69 Å². The molecule has 3 aromatic carbocycles. The van der Waals surface area contributed by atoms with Gasteiger partial charge in [0.25, 0.3) is 0 Å². The van der Waals surface area contributed by atoms with Gasteiger partial charge in [-0.1, -0.05) is 48.0 Å². The first-order valence-electron chi connectivity index (χ1n) is 14.3. The Bertz CT molecular complexity index is 1600. The maximum absolute atomic E-state index is 13.7. The van der Waals surface area contributed by atoms with Gasteiger partial charge >= 0.3 is 5.69 Å². The van der Waals surface area contributed by atoms with Crippen molar-refractivity contribution >= 4 is 28.9 Å². The average molecular weight is 571 g/mol. The molecule has 9 heteroatoms. The van der Waals surface area contributed by atoms with Crippen molar-refractivity contribution in [2.45, 2.75) is 45.2 Å². The van der Waals surface area contributed by atoms with Crippen LogP contribution in [-0.4, -0.2) is 51.3 Å². The predicted octanol–water partition coefficient (Wildman–Crippen LogP) is 5.26. The zero-order chi connectivity index (χ0) is 28.5. The summed E-state index contributed by atoms with van der Waals surface area (Å²) < 4.78 is 2.96. The van der Waals surface area contributed by atoms with E-state index in [-0.39, 0.29) is 17.6 Å². The molecule has 2 aliphatic rings. The largest absolute Gasteiger partial charge is 0.368 e. The minimum Gasteiger partial charge on any atom is -0.368 e. The molecule has 2 heterocycles. The Morgan fingerprint density at radius 3 is 2.39 bits per heavy atom. The summed E-state index contributed by atoms with van der Waals surface area (Å²) in [6.07, 6.45) is 4.90. The number of amides is 1. The fraction of sp³-hybridized carbons (Fsp3) is 0.344. The number of rotatable bonds is 7. The molecular formula is C32H35ClN6O2. The lowest BCUT2D eigenvalue weighted by molar-refractivity contribution is -0.121. The van der Waals surface area contributed by atoms with Crippen LogP contribution in [0.3, 0.4) is 0 Å². The molecule has 1 aliphatic carbocycles. The summed E-state index contributed by atoms with van der Waals surface area (Å²) >= 11 is 6.75. The SMILES string of the molecule is CC(C)n1ncn(-c2ccc(N3CCN(C(C(=O)Nc4ccc5c(c4)CCC5)c4ccccc4)CC3)c(Cl)c2)c1=O. The van der Waals surface area contributed by atoms with Crippen LogP contribution < -0.4 is 15.9 Å². The highest BCUT2D eigenvalue weighted by Gasteiger charge is 2.31. The molecule has 0 radical (unpaired) electrons. The Morgan fingerprint density at radius 1 is 0.927 bits per heavy atom. The first-order chi connectivity index (χ1) is 19.9. The Kier molecular flexibility index (Phi) is 7.69. The highest BCUT2D eigenvalue weighted by atomic mass is 35.5. The highest BCUT2D eigenvalue weighted by Crippen LogP contribution is 2.32. The number of hydrogen-bond donors (Lipinski definition) is 1. The van der Waals surface area contributed by atoms with E-state index in [2.05, 4.69) is 32.3 Å². The molecule has 41 heavy (non-hydrogen) atoms. The van der Waals surface area contributed by atoms with E-state index in [9.17, 15) is 9.59 Å². The van der Waals surface area contributed by atoms with Gasteiger partial charge < -0.3 is 10.2 Å². The number of aromatic nitrogens is 3. The lowest BCUT2D eigenvalue weighted by Crippen LogP contribution is -2.50. The average Bonchev–Trinajstić information content (AvgIpc) is 3.60. The maximum Gasteiger partial charge on any atom is 0.350 e. The fourth-order valence-corrected chi connectivity index (χ4v) is 6.29. The zero-order valence-corrected chi connectivity index (χ0v) is 24.2. The van der Waals surface area contributed by atoms with Crippen LogP contribution in [0.1, 0.15) is 49.0 Å². The first kappa shape index (κ1) is 27.3. The van der Waals surface area contributed by atoms with Crippen LogP contribution in [0, 0.1) is 0 Å². The number of carbonyl (C=O) groups is 1. The van der Waals surface area contributed by atoms with E-state index in [1.54, 1.807) is 0 Å². The van der Waals surface area contributed by atoms with Crippen molar-refractivity contribution in [2.24, 2.45) is 0 Å². The quantitative estimate of drug-likeness (QED) is 0.328. The van der Waals surface area contributed by atoms with Crippen molar-refractivity contribution in [1.82, 2.24) is 19.2 Å². The number of aryl methyl sites for hydroxylation is 2. The Balaban J connectivity index is 1.17. The third-order valence-corrected chi connectivity index (χ3v) is 8.44. The molecule has 1 N–H and O–H groups in total. The molecule has 1 unspecified atom stereocenters. The Morgan fingerprint density at radius 2 is 1.68 bits per heavy atom. The van der Waals surface area contributed by atoms with Crippen molar-refractivity contribution in [3.63, 3.8) is 0 Å². The van der Waals surface area contributed by atoms with Gasteiger partial charge in [-0.3, -0.25) is 9.69 Å². The van der Waals surface area contributed by atoms with Crippen LogP contribution in [-0.2, 0) is 17.6 Å². The van der Waals surface area contributed by atoms with Gasteiger partial charge in [0.15, 0.2) is 0 Å². The van der Waals surface area contributed by atoms with E-state index in [4.69, 9.17) is 11.6 Å². The third-order valence-electron chi connectivity index (χ3n) is 8.14. The molecule has 1 amide bonds. The van der Waals surface area contributed by atoms with Gasteiger partial charge in [-0.05, 0) is 80.1 Å². The van der Waals surface area contributed by atoms with Crippen LogP contribution >= 0.6 is 11.6 Å². The molecule has 6 rings (SSSR count). The summed E-state index contributed by atoms with van der Waals surface area (Å²) in [7, 11) is 0. The minimum atomic E-state index is -0.395. The molecule has 1 aromatic heterocycles. The van der Waals surface area contributed by atoms with Gasteiger partial charge in [0.2, 0.25) is 5.91 Å². The molecular weight excluding hydrogens is 536 g/mol. The number of piperazine rings is 1. The maximum atomic E-state index is 13.7. The molecule has 1 saturated heterocycles. The molecule has 0 spiro atoms. The monoisotopic (exact) mass is 570 g/mol. The van der Waals surface area contributed by atoms with Crippen LogP contribution in [0.2, 0.25) is 5.02 Å². The summed E-state index contributed by atoms with van der Waals surface area (Å²) in [6, 6.07) is 21.6. The van der Waals surface area contributed by atoms with E-state index >= 15 is 0 Å². The molecule has 4 aromatic rings. The molecule has 8 nitrogen and oxygen atoms in total. The molecule has 212 valence electrons. The number of anilines is 2. The summed E-state index contributed by atoms with van der Waals surface area (Å²) in [5.74, 6) is -0.0163. The van der Waals surface area contributed by atoms with Crippen LogP contribution in [0.5, 0.6) is 0 Å². The number of benzene rings is 3. The summed E-state index contributed by atoms with van der Waals surface area (Å²) in [4.78, 5) is 30.9. The fourth-order valence-electron chi connectivity index (χ4n) is 5.99. The lowest BCUT2D eigenvalue weighted by atomic mass is 10.0. The van der Waals surface area contributed by atoms with Crippen molar-refractivity contribution in [1.29, 1.82) is 0 Å². The molecule has 1 fully saturated rings. The van der Waals surface area contributed by atoms with E-state index in [0.29, 0.717) is 23.8 Å². The van der Waals surface area contributed by atoms with E-state index in [1.807, 2.05) is 68.4 Å². The van der Waals surface area contributed by atoms with Gasteiger partial charge in [0.05, 0.1) is 22.4 Å². The summed E-state index contributed by atoms with van der Waals surface area (Å²) in [5, 5.41) is 8.00. The van der Waals surface area contributed by atoms with Gasteiger partial charge in [-0.15, -0.1) is 0 Å². The lowest BCUT2D eigenvalue weighted by Gasteiger charge is -2.40. The second-order valence-electron chi connectivity index (χ2n) is 11.1. The zero-order valence-electron chi connectivity index (χ0n) is 23.5. The predicted molar refractivity (Wildman–Crippen MR) is 163 cm³/mol.